The zero-order chi connectivity index (χ0) is 14.7. The van der Waals surface area contributed by atoms with E-state index in [-0.39, 0.29) is 5.91 Å². The summed E-state index contributed by atoms with van der Waals surface area (Å²) in [6.07, 6.45) is 6.23. The van der Waals surface area contributed by atoms with Gasteiger partial charge in [0.05, 0.1) is 0 Å². The second-order valence-electron chi connectivity index (χ2n) is 5.82. The molecule has 2 saturated heterocycles. The van der Waals surface area contributed by atoms with Gasteiger partial charge in [-0.1, -0.05) is 0 Å². The average molecular weight is 289 g/mol. The van der Waals surface area contributed by atoms with Crippen molar-refractivity contribution in [3.63, 3.8) is 0 Å². The van der Waals surface area contributed by atoms with Gasteiger partial charge >= 0.3 is 0 Å². The van der Waals surface area contributed by atoms with Crippen LogP contribution in [0.5, 0.6) is 0 Å². The van der Waals surface area contributed by atoms with Crippen LogP contribution < -0.4 is 10.2 Å². The zero-order valence-electron chi connectivity index (χ0n) is 12.6. The molecule has 0 saturated carbocycles. The van der Waals surface area contributed by atoms with Crippen LogP contribution in [0.25, 0.3) is 0 Å². The Labute approximate surface area is 125 Å². The molecule has 0 radical (unpaired) electrons. The summed E-state index contributed by atoms with van der Waals surface area (Å²) in [4.78, 5) is 25.5. The van der Waals surface area contributed by atoms with E-state index >= 15 is 0 Å². The summed E-state index contributed by atoms with van der Waals surface area (Å²) in [5.41, 5.74) is 0.517. The van der Waals surface area contributed by atoms with Crippen LogP contribution in [0, 0.1) is 0 Å². The minimum atomic E-state index is 0.0257. The first-order chi connectivity index (χ1) is 10.3. The molecule has 1 unspecified atom stereocenters. The highest BCUT2D eigenvalue weighted by atomic mass is 16.2. The summed E-state index contributed by atoms with van der Waals surface area (Å²) in [7, 11) is 1.95. The fraction of sp³-hybridized carbons (Fsp3) is 0.667. The molecule has 1 amide bonds. The summed E-state index contributed by atoms with van der Waals surface area (Å²) in [5.74, 6) is 0.721. The van der Waals surface area contributed by atoms with Gasteiger partial charge in [0.15, 0.2) is 0 Å². The van der Waals surface area contributed by atoms with Crippen LogP contribution in [-0.4, -0.2) is 60.0 Å². The number of hydrogen-bond donors (Lipinski definition) is 1. The number of aromatic nitrogens is 2. The van der Waals surface area contributed by atoms with E-state index in [1.807, 2.05) is 11.9 Å². The Morgan fingerprint density at radius 2 is 2.10 bits per heavy atom. The van der Waals surface area contributed by atoms with E-state index in [1.165, 1.54) is 12.8 Å². The highest BCUT2D eigenvalue weighted by Crippen LogP contribution is 2.17. The average Bonchev–Trinajstić information content (AvgIpc) is 3.09. The lowest BCUT2D eigenvalue weighted by atomic mass is 10.1. The minimum Gasteiger partial charge on any atom is -0.341 e. The molecule has 3 rings (SSSR count). The number of anilines is 1. The van der Waals surface area contributed by atoms with Crippen molar-refractivity contribution in [1.29, 1.82) is 0 Å². The standard InChI is InChI=1S/C15H23N5O/c1-16-12-5-4-10-20(11-12)14(21)13-6-7-17-15(18-13)19-8-2-3-9-19/h6-7,12,16H,2-5,8-11H2,1H3. The molecule has 2 fully saturated rings. The van der Waals surface area contributed by atoms with Crippen molar-refractivity contribution in [2.45, 2.75) is 31.7 Å². The molecule has 2 aliphatic rings. The molecule has 114 valence electrons. The van der Waals surface area contributed by atoms with Crippen LogP contribution in [0.1, 0.15) is 36.2 Å². The number of nitrogens with zero attached hydrogens (tertiary/aromatic N) is 4. The van der Waals surface area contributed by atoms with E-state index in [4.69, 9.17) is 0 Å². The number of carbonyl (C=O) groups excluding carboxylic acids is 1. The Morgan fingerprint density at radius 1 is 1.29 bits per heavy atom. The smallest absolute Gasteiger partial charge is 0.272 e. The van der Waals surface area contributed by atoms with Crippen molar-refractivity contribution in [1.82, 2.24) is 20.2 Å². The molecule has 6 nitrogen and oxygen atoms in total. The third-order valence-corrected chi connectivity index (χ3v) is 4.37. The number of likely N-dealkylation sites (tertiary alicyclic amines) is 1. The molecule has 21 heavy (non-hydrogen) atoms. The minimum absolute atomic E-state index is 0.0257. The first-order valence-electron chi connectivity index (χ1n) is 7.82. The number of hydrogen-bond acceptors (Lipinski definition) is 5. The zero-order valence-corrected chi connectivity index (χ0v) is 12.6. The Morgan fingerprint density at radius 3 is 2.86 bits per heavy atom. The van der Waals surface area contributed by atoms with E-state index in [1.54, 1.807) is 12.3 Å². The number of rotatable bonds is 3. The summed E-state index contributed by atoms with van der Waals surface area (Å²) in [6.45, 7) is 3.56. The first-order valence-corrected chi connectivity index (χ1v) is 7.82. The fourth-order valence-electron chi connectivity index (χ4n) is 3.10. The third kappa shape index (κ3) is 3.15. The van der Waals surface area contributed by atoms with E-state index in [9.17, 15) is 4.79 Å². The molecule has 6 heteroatoms. The van der Waals surface area contributed by atoms with Crippen LogP contribution in [0.3, 0.4) is 0 Å². The van der Waals surface area contributed by atoms with Gasteiger partial charge in [0, 0.05) is 38.4 Å². The lowest BCUT2D eigenvalue weighted by molar-refractivity contribution is 0.0692. The van der Waals surface area contributed by atoms with E-state index in [0.29, 0.717) is 17.7 Å². The van der Waals surface area contributed by atoms with Crippen LogP contribution in [-0.2, 0) is 0 Å². The maximum Gasteiger partial charge on any atom is 0.272 e. The number of amides is 1. The van der Waals surface area contributed by atoms with Crippen LogP contribution in [0.2, 0.25) is 0 Å². The van der Waals surface area contributed by atoms with E-state index in [0.717, 1.165) is 39.0 Å². The van der Waals surface area contributed by atoms with Gasteiger partial charge in [-0.05, 0) is 38.8 Å². The molecule has 0 aliphatic carbocycles. The Balaban J connectivity index is 1.73. The maximum atomic E-state index is 12.6. The molecule has 1 N–H and O–H groups in total. The molecule has 1 atom stereocenters. The SMILES string of the molecule is CNC1CCCN(C(=O)c2ccnc(N3CCCC3)n2)C1. The molecule has 3 heterocycles. The number of piperidine rings is 1. The van der Waals surface area contributed by atoms with Gasteiger partial charge < -0.3 is 15.1 Å². The summed E-state index contributed by atoms with van der Waals surface area (Å²) in [6, 6.07) is 2.12. The topological polar surface area (TPSA) is 61.4 Å². The van der Waals surface area contributed by atoms with Gasteiger partial charge in [-0.3, -0.25) is 4.79 Å². The molecular weight excluding hydrogens is 266 g/mol. The van der Waals surface area contributed by atoms with E-state index in [2.05, 4.69) is 20.2 Å². The predicted octanol–water partition coefficient (Wildman–Crippen LogP) is 0.901. The molecule has 0 bridgehead atoms. The van der Waals surface area contributed by atoms with Crippen molar-refractivity contribution in [2.75, 3.05) is 38.1 Å². The van der Waals surface area contributed by atoms with Crippen LogP contribution in [0.15, 0.2) is 12.3 Å². The monoisotopic (exact) mass is 289 g/mol. The third-order valence-electron chi connectivity index (χ3n) is 4.37. The molecule has 0 spiro atoms. The van der Waals surface area contributed by atoms with E-state index < -0.39 is 0 Å². The van der Waals surface area contributed by atoms with Crippen molar-refractivity contribution in [3.8, 4) is 0 Å². The van der Waals surface area contributed by atoms with Gasteiger partial charge in [0.1, 0.15) is 5.69 Å². The van der Waals surface area contributed by atoms with Gasteiger partial charge in [-0.25, -0.2) is 9.97 Å². The molecule has 0 aromatic carbocycles. The molecule has 1 aromatic rings. The van der Waals surface area contributed by atoms with Crippen molar-refractivity contribution in [2.24, 2.45) is 0 Å². The fourth-order valence-corrected chi connectivity index (χ4v) is 3.10. The van der Waals surface area contributed by atoms with Gasteiger partial charge in [-0.15, -0.1) is 0 Å². The summed E-state index contributed by atoms with van der Waals surface area (Å²) < 4.78 is 0. The highest BCUT2D eigenvalue weighted by Gasteiger charge is 2.25. The normalized spacial score (nSPS) is 22.6. The number of carbonyl (C=O) groups is 1. The van der Waals surface area contributed by atoms with Crippen molar-refractivity contribution >= 4 is 11.9 Å². The first kappa shape index (κ1) is 14.3. The highest BCUT2D eigenvalue weighted by molar-refractivity contribution is 5.92. The maximum absolute atomic E-state index is 12.6. The molecular formula is C15H23N5O. The Kier molecular flexibility index (Phi) is 4.34. The number of nitrogens with one attached hydrogen (secondary N) is 1. The van der Waals surface area contributed by atoms with Gasteiger partial charge in [-0.2, -0.15) is 0 Å². The lowest BCUT2D eigenvalue weighted by Crippen LogP contribution is -2.47. The van der Waals surface area contributed by atoms with Gasteiger partial charge in [0.2, 0.25) is 5.95 Å². The van der Waals surface area contributed by atoms with Crippen LogP contribution >= 0.6 is 0 Å². The quantitative estimate of drug-likeness (QED) is 0.896. The summed E-state index contributed by atoms with van der Waals surface area (Å²) in [5, 5.41) is 3.26. The molecule has 2 aliphatic heterocycles. The van der Waals surface area contributed by atoms with Crippen molar-refractivity contribution < 1.29 is 4.79 Å². The van der Waals surface area contributed by atoms with Gasteiger partial charge in [0.25, 0.3) is 5.91 Å². The lowest BCUT2D eigenvalue weighted by Gasteiger charge is -2.32. The predicted molar refractivity (Wildman–Crippen MR) is 81.5 cm³/mol. The Hall–Kier alpha value is -1.69. The Bertz CT molecular complexity index is 501. The largest absolute Gasteiger partial charge is 0.341 e. The van der Waals surface area contributed by atoms with Crippen molar-refractivity contribution in [3.05, 3.63) is 18.0 Å². The second kappa shape index (κ2) is 6.39. The second-order valence-corrected chi connectivity index (χ2v) is 5.82. The molecule has 1 aromatic heterocycles. The number of likely N-dealkylation sites (N-methyl/N-ethyl adjacent to an activating group) is 1. The summed E-state index contributed by atoms with van der Waals surface area (Å²) >= 11 is 0. The van der Waals surface area contributed by atoms with Crippen LogP contribution in [0.4, 0.5) is 5.95 Å².